The smallest absolute Gasteiger partial charge is 0.329 e. The first kappa shape index (κ1) is 10.4. The molecule has 0 heterocycles. The highest BCUT2D eigenvalue weighted by molar-refractivity contribution is 5.68. The standard InChI is InChI=1S/C7H14O4/c1-3-10-4-6(2)11-5-7(8)9/h6H,3-5H2,1-2H3,(H,8,9). The molecule has 0 aliphatic carbocycles. The lowest BCUT2D eigenvalue weighted by Crippen LogP contribution is -2.20. The summed E-state index contributed by atoms with van der Waals surface area (Å²) in [5, 5.41) is 8.22. The second-order valence-corrected chi connectivity index (χ2v) is 2.17. The van der Waals surface area contributed by atoms with Crippen LogP contribution in [-0.4, -0.2) is 37.0 Å². The summed E-state index contributed by atoms with van der Waals surface area (Å²) in [5.41, 5.74) is 0. The van der Waals surface area contributed by atoms with Crippen LogP contribution < -0.4 is 0 Å². The number of aliphatic carboxylic acids is 1. The number of rotatable bonds is 6. The average Bonchev–Trinajstić information content (AvgIpc) is 1.97. The van der Waals surface area contributed by atoms with Gasteiger partial charge in [0.15, 0.2) is 0 Å². The summed E-state index contributed by atoms with van der Waals surface area (Å²) >= 11 is 0. The van der Waals surface area contributed by atoms with Gasteiger partial charge >= 0.3 is 5.97 Å². The van der Waals surface area contributed by atoms with Crippen LogP contribution in [0.5, 0.6) is 0 Å². The first-order chi connectivity index (χ1) is 5.16. The van der Waals surface area contributed by atoms with E-state index in [4.69, 9.17) is 14.6 Å². The van der Waals surface area contributed by atoms with Crippen molar-refractivity contribution in [3.8, 4) is 0 Å². The van der Waals surface area contributed by atoms with E-state index in [0.717, 1.165) is 0 Å². The molecule has 0 saturated heterocycles. The van der Waals surface area contributed by atoms with Gasteiger partial charge in [0.2, 0.25) is 0 Å². The summed E-state index contributed by atoms with van der Waals surface area (Å²) in [4.78, 5) is 10.0. The van der Waals surface area contributed by atoms with Crippen LogP contribution in [0.15, 0.2) is 0 Å². The average molecular weight is 162 g/mol. The van der Waals surface area contributed by atoms with Gasteiger partial charge in [0.25, 0.3) is 0 Å². The zero-order valence-corrected chi connectivity index (χ0v) is 6.87. The summed E-state index contributed by atoms with van der Waals surface area (Å²) in [7, 11) is 0. The third-order valence-corrected chi connectivity index (χ3v) is 1.05. The van der Waals surface area contributed by atoms with Crippen LogP contribution in [0.2, 0.25) is 0 Å². The van der Waals surface area contributed by atoms with E-state index in [2.05, 4.69) is 0 Å². The predicted molar refractivity (Wildman–Crippen MR) is 39.5 cm³/mol. The normalized spacial score (nSPS) is 12.9. The number of carbonyl (C=O) groups is 1. The molecule has 0 radical (unpaired) electrons. The van der Waals surface area contributed by atoms with E-state index in [1.54, 1.807) is 6.92 Å². The first-order valence-corrected chi connectivity index (χ1v) is 3.58. The van der Waals surface area contributed by atoms with Crippen molar-refractivity contribution in [2.24, 2.45) is 0 Å². The molecule has 66 valence electrons. The molecule has 4 nitrogen and oxygen atoms in total. The van der Waals surface area contributed by atoms with E-state index >= 15 is 0 Å². The fraction of sp³-hybridized carbons (Fsp3) is 0.857. The Balaban J connectivity index is 3.22. The fourth-order valence-corrected chi connectivity index (χ4v) is 0.545. The number of carboxylic acids is 1. The summed E-state index contributed by atoms with van der Waals surface area (Å²) in [6.07, 6.45) is -0.147. The fourth-order valence-electron chi connectivity index (χ4n) is 0.545. The molecule has 1 unspecified atom stereocenters. The van der Waals surface area contributed by atoms with E-state index in [1.807, 2.05) is 6.92 Å². The van der Waals surface area contributed by atoms with E-state index in [-0.39, 0.29) is 12.7 Å². The molecule has 0 amide bonds. The highest BCUT2D eigenvalue weighted by atomic mass is 16.5. The van der Waals surface area contributed by atoms with E-state index < -0.39 is 5.97 Å². The number of carboxylic acid groups (broad SMARTS) is 1. The van der Waals surface area contributed by atoms with Crippen LogP contribution in [0.1, 0.15) is 13.8 Å². The van der Waals surface area contributed by atoms with E-state index in [0.29, 0.717) is 13.2 Å². The quantitative estimate of drug-likeness (QED) is 0.618. The van der Waals surface area contributed by atoms with Gasteiger partial charge in [0.05, 0.1) is 12.7 Å². The molecule has 11 heavy (non-hydrogen) atoms. The first-order valence-electron chi connectivity index (χ1n) is 3.58. The lowest BCUT2D eigenvalue weighted by molar-refractivity contribution is -0.145. The lowest BCUT2D eigenvalue weighted by atomic mass is 10.4. The molecule has 0 aliphatic rings. The number of hydrogen-bond acceptors (Lipinski definition) is 3. The Bertz CT molecular complexity index is 113. The third-order valence-electron chi connectivity index (χ3n) is 1.05. The van der Waals surface area contributed by atoms with Crippen molar-refractivity contribution in [2.45, 2.75) is 20.0 Å². The molecule has 0 bridgehead atoms. The SMILES string of the molecule is CCOCC(C)OCC(=O)O. The van der Waals surface area contributed by atoms with Crippen molar-refractivity contribution in [1.29, 1.82) is 0 Å². The molecule has 0 spiro atoms. The summed E-state index contributed by atoms with van der Waals surface area (Å²) in [6.45, 7) is 4.47. The monoisotopic (exact) mass is 162 g/mol. The molecule has 0 saturated carbocycles. The summed E-state index contributed by atoms with van der Waals surface area (Å²) < 4.78 is 9.89. The molecule has 1 atom stereocenters. The molecule has 0 rings (SSSR count). The molecular formula is C7H14O4. The molecule has 4 heteroatoms. The predicted octanol–water partition coefficient (Wildman–Crippen LogP) is 0.513. The van der Waals surface area contributed by atoms with E-state index in [9.17, 15) is 4.79 Å². The van der Waals surface area contributed by atoms with Crippen molar-refractivity contribution >= 4 is 5.97 Å². The minimum atomic E-state index is -0.951. The van der Waals surface area contributed by atoms with Gasteiger partial charge in [-0.15, -0.1) is 0 Å². The van der Waals surface area contributed by atoms with Gasteiger partial charge in [-0.05, 0) is 13.8 Å². The van der Waals surface area contributed by atoms with Gasteiger partial charge in [0.1, 0.15) is 6.61 Å². The van der Waals surface area contributed by atoms with Crippen LogP contribution in [-0.2, 0) is 14.3 Å². The minimum absolute atomic E-state index is 0.147. The van der Waals surface area contributed by atoms with Crippen molar-refractivity contribution in [3.63, 3.8) is 0 Å². The maximum Gasteiger partial charge on any atom is 0.329 e. The largest absolute Gasteiger partial charge is 0.480 e. The van der Waals surface area contributed by atoms with Gasteiger partial charge in [0, 0.05) is 6.61 Å². The molecule has 0 aromatic carbocycles. The maximum absolute atomic E-state index is 10.0. The van der Waals surface area contributed by atoms with Gasteiger partial charge < -0.3 is 14.6 Å². The van der Waals surface area contributed by atoms with Crippen molar-refractivity contribution in [2.75, 3.05) is 19.8 Å². The number of ether oxygens (including phenoxy) is 2. The van der Waals surface area contributed by atoms with Crippen molar-refractivity contribution < 1.29 is 19.4 Å². The van der Waals surface area contributed by atoms with Crippen LogP contribution in [0.4, 0.5) is 0 Å². The van der Waals surface area contributed by atoms with Gasteiger partial charge in [-0.25, -0.2) is 4.79 Å². The molecule has 0 aliphatic heterocycles. The maximum atomic E-state index is 10.0. The highest BCUT2D eigenvalue weighted by Crippen LogP contribution is 1.90. The Morgan fingerprint density at radius 2 is 2.27 bits per heavy atom. The summed E-state index contributed by atoms with van der Waals surface area (Å²) in [5.74, 6) is -0.951. The molecule has 0 aromatic rings. The van der Waals surface area contributed by atoms with Crippen LogP contribution >= 0.6 is 0 Å². The van der Waals surface area contributed by atoms with E-state index in [1.165, 1.54) is 0 Å². The molecule has 0 aromatic heterocycles. The number of hydrogen-bond donors (Lipinski definition) is 1. The molecular weight excluding hydrogens is 148 g/mol. The molecule has 0 fully saturated rings. The molecule has 1 N–H and O–H groups in total. The van der Waals surface area contributed by atoms with Gasteiger partial charge in [-0.3, -0.25) is 0 Å². The Morgan fingerprint density at radius 3 is 2.73 bits per heavy atom. The van der Waals surface area contributed by atoms with Crippen LogP contribution in [0.3, 0.4) is 0 Å². The van der Waals surface area contributed by atoms with Crippen molar-refractivity contribution in [3.05, 3.63) is 0 Å². The lowest BCUT2D eigenvalue weighted by Gasteiger charge is -2.10. The van der Waals surface area contributed by atoms with Crippen LogP contribution in [0, 0.1) is 0 Å². The Morgan fingerprint density at radius 1 is 1.64 bits per heavy atom. The summed E-state index contributed by atoms with van der Waals surface area (Å²) in [6, 6.07) is 0. The van der Waals surface area contributed by atoms with Gasteiger partial charge in [-0.1, -0.05) is 0 Å². The Labute approximate surface area is 66.1 Å². The second kappa shape index (κ2) is 6.12. The third kappa shape index (κ3) is 7.29. The highest BCUT2D eigenvalue weighted by Gasteiger charge is 2.03. The zero-order chi connectivity index (χ0) is 8.69. The topological polar surface area (TPSA) is 55.8 Å². The van der Waals surface area contributed by atoms with Crippen molar-refractivity contribution in [1.82, 2.24) is 0 Å². The minimum Gasteiger partial charge on any atom is -0.480 e. The van der Waals surface area contributed by atoms with Gasteiger partial charge in [-0.2, -0.15) is 0 Å². The Hall–Kier alpha value is -0.610. The zero-order valence-electron chi connectivity index (χ0n) is 6.87. The Kier molecular flexibility index (Phi) is 5.78. The second-order valence-electron chi connectivity index (χ2n) is 2.17. The van der Waals surface area contributed by atoms with Crippen LogP contribution in [0.25, 0.3) is 0 Å².